The van der Waals surface area contributed by atoms with Crippen LogP contribution in [0.15, 0.2) is 18.7 Å². The van der Waals surface area contributed by atoms with Gasteiger partial charge in [-0.15, -0.1) is 10.2 Å². The zero-order valence-corrected chi connectivity index (χ0v) is 13.8. The Kier molecular flexibility index (Phi) is 4.01. The predicted molar refractivity (Wildman–Crippen MR) is 87.3 cm³/mol. The Morgan fingerprint density at radius 1 is 1.31 bits per heavy atom. The van der Waals surface area contributed by atoms with Gasteiger partial charge in [-0.3, -0.25) is 10.1 Å². The quantitative estimate of drug-likeness (QED) is 0.486. The second-order valence-electron chi connectivity index (χ2n) is 5.56. The number of hydrogen-bond donors (Lipinski definition) is 0. The van der Waals surface area contributed by atoms with Crippen molar-refractivity contribution in [2.45, 2.75) is 6.92 Å². The Balaban J connectivity index is 1.78. The summed E-state index contributed by atoms with van der Waals surface area (Å²) in [7, 11) is 0. The molecule has 0 amide bonds. The number of nitrogens with zero attached hydrogens (tertiary/aromatic N) is 8. The fourth-order valence-corrected chi connectivity index (χ4v) is 2.69. The van der Waals surface area contributed by atoms with Crippen molar-refractivity contribution < 1.29 is 14.4 Å². The molecule has 0 radical (unpaired) electrons. The van der Waals surface area contributed by atoms with E-state index in [-0.39, 0.29) is 23.1 Å². The third kappa shape index (κ3) is 2.86. The lowest BCUT2D eigenvalue weighted by molar-refractivity contribution is -0.385. The van der Waals surface area contributed by atoms with Crippen LogP contribution in [0.25, 0.3) is 5.65 Å². The Morgan fingerprint density at radius 2 is 2.12 bits per heavy atom. The van der Waals surface area contributed by atoms with E-state index >= 15 is 0 Å². The molecule has 1 aliphatic rings. The smallest absolute Gasteiger partial charge is 0.373 e. The van der Waals surface area contributed by atoms with Gasteiger partial charge in [0, 0.05) is 19.2 Å². The van der Waals surface area contributed by atoms with Gasteiger partial charge in [-0.25, -0.2) is 4.98 Å². The van der Waals surface area contributed by atoms with Gasteiger partial charge in [-0.1, -0.05) is 0 Å². The van der Waals surface area contributed by atoms with Gasteiger partial charge < -0.3 is 14.4 Å². The second kappa shape index (κ2) is 6.48. The summed E-state index contributed by atoms with van der Waals surface area (Å²) in [5.74, 6) is 0.304. The number of hydrogen-bond acceptors (Lipinski definition) is 10. The van der Waals surface area contributed by atoms with Crippen molar-refractivity contribution in [2.24, 2.45) is 0 Å². The molecule has 12 nitrogen and oxygen atoms in total. The highest BCUT2D eigenvalue weighted by atomic mass is 16.6. The summed E-state index contributed by atoms with van der Waals surface area (Å²) in [6.07, 6.45) is 2.66. The normalized spacial score (nSPS) is 14.6. The lowest BCUT2D eigenvalue weighted by Gasteiger charge is -2.27. The zero-order chi connectivity index (χ0) is 18.1. The molecule has 0 atom stereocenters. The third-order valence-corrected chi connectivity index (χ3v) is 3.83. The standard InChI is InChI=1S/C14H14N8O4/c1-9-6-10(12-18-17-8-21(12)19-9)26-14-11(22(23)24)13(15-7-16-14)20-2-4-25-5-3-20/h6-8H,2-5H2,1H3. The van der Waals surface area contributed by atoms with Crippen LogP contribution in [0.2, 0.25) is 0 Å². The molecule has 4 rings (SSSR count). The number of aromatic nitrogens is 6. The SMILES string of the molecule is Cc1cc(Oc2ncnc(N3CCOCC3)c2[N+](=O)[O-])c2nncn2n1. The van der Waals surface area contributed by atoms with E-state index in [1.165, 1.54) is 17.2 Å². The fraction of sp³-hybridized carbons (Fsp3) is 0.357. The molecular formula is C14H14N8O4. The van der Waals surface area contributed by atoms with Gasteiger partial charge in [0.25, 0.3) is 0 Å². The first-order chi connectivity index (χ1) is 12.6. The van der Waals surface area contributed by atoms with E-state index in [1.807, 2.05) is 0 Å². The number of morpholine rings is 1. The minimum Gasteiger partial charge on any atom is -0.429 e. The zero-order valence-electron chi connectivity index (χ0n) is 13.8. The van der Waals surface area contributed by atoms with Crippen molar-refractivity contribution in [3.8, 4) is 11.6 Å². The Morgan fingerprint density at radius 3 is 2.88 bits per heavy atom. The summed E-state index contributed by atoms with van der Waals surface area (Å²) < 4.78 is 12.5. The van der Waals surface area contributed by atoms with Crippen LogP contribution in [0.4, 0.5) is 11.5 Å². The molecule has 0 spiro atoms. The van der Waals surface area contributed by atoms with E-state index in [1.54, 1.807) is 17.9 Å². The highest BCUT2D eigenvalue weighted by Crippen LogP contribution is 2.37. The Bertz CT molecular complexity index is 969. The largest absolute Gasteiger partial charge is 0.429 e. The lowest BCUT2D eigenvalue weighted by atomic mass is 10.3. The van der Waals surface area contributed by atoms with E-state index in [2.05, 4.69) is 25.3 Å². The highest BCUT2D eigenvalue weighted by molar-refractivity contribution is 5.64. The first kappa shape index (κ1) is 16.1. The van der Waals surface area contributed by atoms with E-state index in [0.29, 0.717) is 37.6 Å². The molecule has 0 N–H and O–H groups in total. The molecule has 1 saturated heterocycles. The van der Waals surface area contributed by atoms with Gasteiger partial charge in [0.2, 0.25) is 11.5 Å². The van der Waals surface area contributed by atoms with Crippen LogP contribution in [0.3, 0.4) is 0 Å². The monoisotopic (exact) mass is 358 g/mol. The molecule has 1 fully saturated rings. The molecule has 1 aliphatic heterocycles. The second-order valence-corrected chi connectivity index (χ2v) is 5.56. The van der Waals surface area contributed by atoms with Crippen molar-refractivity contribution in [1.82, 2.24) is 29.8 Å². The van der Waals surface area contributed by atoms with Crippen molar-refractivity contribution in [2.75, 3.05) is 31.2 Å². The highest BCUT2D eigenvalue weighted by Gasteiger charge is 2.30. The van der Waals surface area contributed by atoms with Gasteiger partial charge in [0.05, 0.1) is 23.8 Å². The van der Waals surface area contributed by atoms with Crippen molar-refractivity contribution in [1.29, 1.82) is 0 Å². The predicted octanol–water partition coefficient (Wildman–Crippen LogP) is 0.760. The molecule has 26 heavy (non-hydrogen) atoms. The first-order valence-electron chi connectivity index (χ1n) is 7.81. The van der Waals surface area contributed by atoms with Crippen LogP contribution in [0.1, 0.15) is 5.69 Å². The number of aryl methyl sites for hydroxylation is 1. The fourth-order valence-electron chi connectivity index (χ4n) is 2.69. The summed E-state index contributed by atoms with van der Waals surface area (Å²) in [6, 6.07) is 1.62. The minimum absolute atomic E-state index is 0.165. The molecule has 0 bridgehead atoms. The summed E-state index contributed by atoms with van der Waals surface area (Å²) in [4.78, 5) is 21.0. The molecular weight excluding hydrogens is 344 g/mol. The van der Waals surface area contributed by atoms with E-state index in [0.717, 1.165) is 0 Å². The van der Waals surface area contributed by atoms with Crippen molar-refractivity contribution in [3.05, 3.63) is 34.5 Å². The topological polar surface area (TPSA) is 134 Å². The molecule has 3 aromatic rings. The number of ether oxygens (including phenoxy) is 2. The molecule has 0 aromatic carbocycles. The Hall–Kier alpha value is -3.41. The van der Waals surface area contributed by atoms with E-state index < -0.39 is 4.92 Å². The summed E-state index contributed by atoms with van der Waals surface area (Å²) in [6.45, 7) is 3.71. The summed E-state index contributed by atoms with van der Waals surface area (Å²) >= 11 is 0. The van der Waals surface area contributed by atoms with Gasteiger partial charge in [-0.05, 0) is 6.92 Å². The summed E-state index contributed by atoms with van der Waals surface area (Å²) in [5.41, 5.74) is 0.662. The van der Waals surface area contributed by atoms with Crippen LogP contribution in [0, 0.1) is 17.0 Å². The molecule has 4 heterocycles. The number of anilines is 1. The molecule has 0 saturated carbocycles. The maximum atomic E-state index is 11.7. The maximum absolute atomic E-state index is 11.7. The van der Waals surface area contributed by atoms with Gasteiger partial charge in [0.1, 0.15) is 12.7 Å². The molecule has 12 heteroatoms. The average molecular weight is 358 g/mol. The van der Waals surface area contributed by atoms with Crippen LogP contribution in [-0.4, -0.2) is 61.0 Å². The maximum Gasteiger partial charge on any atom is 0.373 e. The lowest BCUT2D eigenvalue weighted by Crippen LogP contribution is -2.37. The van der Waals surface area contributed by atoms with Gasteiger partial charge in [0.15, 0.2) is 5.75 Å². The number of nitro groups is 1. The molecule has 0 unspecified atom stereocenters. The Labute approximate surface area is 146 Å². The summed E-state index contributed by atoms with van der Waals surface area (Å²) in [5, 5.41) is 23.6. The minimum atomic E-state index is -0.546. The number of rotatable bonds is 4. The van der Waals surface area contributed by atoms with Crippen LogP contribution >= 0.6 is 0 Å². The molecule has 134 valence electrons. The van der Waals surface area contributed by atoms with Crippen LogP contribution in [0.5, 0.6) is 11.6 Å². The van der Waals surface area contributed by atoms with Gasteiger partial charge in [-0.2, -0.15) is 14.6 Å². The van der Waals surface area contributed by atoms with E-state index in [9.17, 15) is 10.1 Å². The average Bonchev–Trinajstić information content (AvgIpc) is 3.10. The van der Waals surface area contributed by atoms with E-state index in [4.69, 9.17) is 9.47 Å². The van der Waals surface area contributed by atoms with Crippen LogP contribution in [-0.2, 0) is 4.74 Å². The molecule has 0 aliphatic carbocycles. The number of fused-ring (bicyclic) bond motifs is 1. The van der Waals surface area contributed by atoms with Crippen molar-refractivity contribution >= 4 is 17.2 Å². The third-order valence-electron chi connectivity index (χ3n) is 3.83. The van der Waals surface area contributed by atoms with Gasteiger partial charge >= 0.3 is 11.6 Å². The first-order valence-corrected chi connectivity index (χ1v) is 7.81. The van der Waals surface area contributed by atoms with Crippen LogP contribution < -0.4 is 9.64 Å². The van der Waals surface area contributed by atoms with Crippen molar-refractivity contribution in [3.63, 3.8) is 0 Å². The molecule has 3 aromatic heterocycles.